The van der Waals surface area contributed by atoms with E-state index in [1.807, 2.05) is 0 Å². The standard InChI is InChI=1S/C22H26N2O6S2/c1-4-23(5-2)32(28,29)21-12-6-17(7-13-21)22(25)24(19-14-15-31(26,27)16-19)18-8-10-20(30-3)11-9-18/h6-15,19H,4-5,16H2,1-3H3/t19-/m1/s1. The van der Waals surface area contributed by atoms with Crippen LogP contribution in [0.4, 0.5) is 5.69 Å². The Hall–Kier alpha value is -2.69. The van der Waals surface area contributed by atoms with Crippen molar-refractivity contribution in [1.29, 1.82) is 0 Å². The van der Waals surface area contributed by atoms with Crippen LogP contribution in [-0.2, 0) is 19.9 Å². The highest BCUT2D eigenvalue weighted by Crippen LogP contribution is 2.27. The van der Waals surface area contributed by atoms with E-state index < -0.39 is 31.8 Å². The van der Waals surface area contributed by atoms with Gasteiger partial charge in [0.1, 0.15) is 5.75 Å². The summed E-state index contributed by atoms with van der Waals surface area (Å²) in [5.41, 5.74) is 0.749. The van der Waals surface area contributed by atoms with Crippen LogP contribution in [0.5, 0.6) is 5.75 Å². The van der Waals surface area contributed by atoms with Gasteiger partial charge in [-0.3, -0.25) is 4.79 Å². The maximum atomic E-state index is 13.4. The van der Waals surface area contributed by atoms with E-state index >= 15 is 0 Å². The molecule has 0 fully saturated rings. The third-order valence-corrected chi connectivity index (χ3v) is 8.70. The van der Waals surface area contributed by atoms with Gasteiger partial charge < -0.3 is 9.64 Å². The largest absolute Gasteiger partial charge is 0.497 e. The Balaban J connectivity index is 1.97. The number of carbonyl (C=O) groups is 1. The fourth-order valence-corrected chi connectivity index (χ4v) is 6.27. The van der Waals surface area contributed by atoms with E-state index in [1.165, 1.54) is 46.7 Å². The Morgan fingerprint density at radius 3 is 2.09 bits per heavy atom. The molecule has 2 aromatic rings. The molecule has 0 unspecified atom stereocenters. The molecule has 0 spiro atoms. The zero-order chi connectivity index (χ0) is 23.5. The van der Waals surface area contributed by atoms with Crippen molar-refractivity contribution in [2.75, 3.05) is 30.9 Å². The zero-order valence-electron chi connectivity index (χ0n) is 18.1. The lowest BCUT2D eigenvalue weighted by atomic mass is 10.1. The Labute approximate surface area is 189 Å². The predicted octanol–water partition coefficient (Wildman–Crippen LogP) is 2.68. The first-order chi connectivity index (χ1) is 15.1. The first kappa shape index (κ1) is 24.0. The molecule has 0 saturated heterocycles. The summed E-state index contributed by atoms with van der Waals surface area (Å²) < 4.78 is 55.9. The van der Waals surface area contributed by atoms with Gasteiger partial charge in [-0.05, 0) is 54.6 Å². The Morgan fingerprint density at radius 1 is 1.03 bits per heavy atom. The van der Waals surface area contributed by atoms with Crippen LogP contribution in [0.15, 0.2) is 64.9 Å². The van der Waals surface area contributed by atoms with Crippen molar-refractivity contribution in [3.8, 4) is 5.75 Å². The predicted molar refractivity (Wildman–Crippen MR) is 123 cm³/mol. The summed E-state index contributed by atoms with van der Waals surface area (Å²) in [4.78, 5) is 14.9. The Kier molecular flexibility index (Phi) is 7.06. The van der Waals surface area contributed by atoms with E-state index in [0.29, 0.717) is 24.5 Å². The number of ether oxygens (including phenoxy) is 1. The first-order valence-corrected chi connectivity index (χ1v) is 13.3. The molecule has 1 aliphatic heterocycles. The topological polar surface area (TPSA) is 101 Å². The molecule has 8 nitrogen and oxygen atoms in total. The molecule has 0 saturated carbocycles. The molecule has 0 radical (unpaired) electrons. The molecule has 0 N–H and O–H groups in total. The average molecular weight is 479 g/mol. The van der Waals surface area contributed by atoms with Crippen molar-refractivity contribution < 1.29 is 26.4 Å². The van der Waals surface area contributed by atoms with E-state index in [2.05, 4.69) is 0 Å². The highest BCUT2D eigenvalue weighted by Gasteiger charge is 2.32. The Bertz CT molecular complexity index is 1200. The highest BCUT2D eigenvalue weighted by molar-refractivity contribution is 7.94. The number of amides is 1. The number of methoxy groups -OCH3 is 1. The van der Waals surface area contributed by atoms with Crippen molar-refractivity contribution in [1.82, 2.24) is 4.31 Å². The maximum Gasteiger partial charge on any atom is 0.258 e. The second-order valence-corrected chi connectivity index (χ2v) is 11.1. The summed E-state index contributed by atoms with van der Waals surface area (Å²) >= 11 is 0. The molecule has 3 rings (SSSR count). The Morgan fingerprint density at radius 2 is 1.62 bits per heavy atom. The number of anilines is 1. The fourth-order valence-electron chi connectivity index (χ4n) is 3.54. The summed E-state index contributed by atoms with van der Waals surface area (Å²) in [6.07, 6.45) is 1.48. The fraction of sp³-hybridized carbons (Fsp3) is 0.318. The molecule has 32 heavy (non-hydrogen) atoms. The third kappa shape index (κ3) is 4.87. The van der Waals surface area contributed by atoms with E-state index in [4.69, 9.17) is 4.74 Å². The van der Waals surface area contributed by atoms with E-state index in [1.54, 1.807) is 38.1 Å². The number of hydrogen-bond acceptors (Lipinski definition) is 6. The molecule has 1 aliphatic rings. The number of nitrogens with zero attached hydrogens (tertiary/aromatic N) is 2. The molecule has 0 aliphatic carbocycles. The SMILES string of the molecule is CCN(CC)S(=O)(=O)c1ccc(C(=O)N(c2ccc(OC)cc2)[C@@H]2C=CS(=O)(=O)C2)cc1. The van der Waals surface area contributed by atoms with Gasteiger partial charge in [0.2, 0.25) is 10.0 Å². The molecule has 172 valence electrons. The van der Waals surface area contributed by atoms with Crippen LogP contribution < -0.4 is 9.64 Å². The molecule has 2 aromatic carbocycles. The second-order valence-electron chi connectivity index (χ2n) is 7.21. The van der Waals surface area contributed by atoms with Gasteiger partial charge in [-0.1, -0.05) is 13.8 Å². The normalized spacial score (nSPS) is 17.4. The van der Waals surface area contributed by atoms with Crippen molar-refractivity contribution in [3.05, 3.63) is 65.6 Å². The van der Waals surface area contributed by atoms with Crippen LogP contribution in [0.3, 0.4) is 0 Å². The molecule has 10 heteroatoms. The quantitative estimate of drug-likeness (QED) is 0.578. The van der Waals surface area contributed by atoms with Gasteiger partial charge in [-0.25, -0.2) is 16.8 Å². The molecule has 1 heterocycles. The lowest BCUT2D eigenvalue weighted by molar-refractivity contribution is 0.0983. The summed E-state index contributed by atoms with van der Waals surface area (Å²) in [6.45, 7) is 4.20. The van der Waals surface area contributed by atoms with Crippen LogP contribution in [0.25, 0.3) is 0 Å². The molecule has 1 atom stereocenters. The minimum atomic E-state index is -3.65. The number of benzene rings is 2. The molecule has 0 aromatic heterocycles. The summed E-state index contributed by atoms with van der Waals surface area (Å²) in [6, 6.07) is 11.7. The molecule has 1 amide bonds. The van der Waals surface area contributed by atoms with Gasteiger partial charge in [0, 0.05) is 29.7 Å². The van der Waals surface area contributed by atoms with E-state index in [-0.39, 0.29) is 16.2 Å². The van der Waals surface area contributed by atoms with Crippen LogP contribution in [0.1, 0.15) is 24.2 Å². The monoisotopic (exact) mass is 478 g/mol. The minimum Gasteiger partial charge on any atom is -0.497 e. The van der Waals surface area contributed by atoms with Crippen molar-refractivity contribution in [2.45, 2.75) is 24.8 Å². The van der Waals surface area contributed by atoms with Crippen LogP contribution in [0, 0.1) is 0 Å². The number of sulfonamides is 1. The summed E-state index contributed by atoms with van der Waals surface area (Å²) in [5, 5.41) is 1.11. The average Bonchev–Trinajstić information content (AvgIpc) is 3.14. The van der Waals surface area contributed by atoms with E-state index in [9.17, 15) is 21.6 Å². The smallest absolute Gasteiger partial charge is 0.258 e. The number of carbonyl (C=O) groups excluding carboxylic acids is 1. The maximum absolute atomic E-state index is 13.4. The van der Waals surface area contributed by atoms with Gasteiger partial charge in [0.15, 0.2) is 9.84 Å². The minimum absolute atomic E-state index is 0.0945. The summed E-state index contributed by atoms with van der Waals surface area (Å²) in [5.74, 6) is -0.0606. The third-order valence-electron chi connectivity index (χ3n) is 5.26. The zero-order valence-corrected chi connectivity index (χ0v) is 19.8. The van der Waals surface area contributed by atoms with Gasteiger partial charge in [0.05, 0.1) is 23.8 Å². The number of hydrogen-bond donors (Lipinski definition) is 0. The number of sulfone groups is 1. The second kappa shape index (κ2) is 9.43. The van der Waals surface area contributed by atoms with Crippen molar-refractivity contribution >= 4 is 31.5 Å². The van der Waals surface area contributed by atoms with Gasteiger partial charge in [0.25, 0.3) is 5.91 Å². The first-order valence-electron chi connectivity index (χ1n) is 10.1. The lowest BCUT2D eigenvalue weighted by Crippen LogP contribution is -2.41. The van der Waals surface area contributed by atoms with Crippen molar-refractivity contribution in [2.24, 2.45) is 0 Å². The number of rotatable bonds is 8. The van der Waals surface area contributed by atoms with Crippen molar-refractivity contribution in [3.63, 3.8) is 0 Å². The summed E-state index contributed by atoms with van der Waals surface area (Å²) in [7, 11) is -5.53. The van der Waals surface area contributed by atoms with Crippen LogP contribution in [-0.4, -0.2) is 59.0 Å². The van der Waals surface area contributed by atoms with Crippen LogP contribution >= 0.6 is 0 Å². The lowest BCUT2D eigenvalue weighted by Gasteiger charge is -2.28. The van der Waals surface area contributed by atoms with Crippen LogP contribution in [0.2, 0.25) is 0 Å². The molecular formula is C22H26N2O6S2. The van der Waals surface area contributed by atoms with Gasteiger partial charge in [-0.2, -0.15) is 4.31 Å². The van der Waals surface area contributed by atoms with Gasteiger partial charge in [-0.15, -0.1) is 0 Å². The molecule has 0 bridgehead atoms. The molecular weight excluding hydrogens is 452 g/mol. The van der Waals surface area contributed by atoms with E-state index in [0.717, 1.165) is 5.41 Å². The van der Waals surface area contributed by atoms with Gasteiger partial charge >= 0.3 is 0 Å². The highest BCUT2D eigenvalue weighted by atomic mass is 32.2.